The fraction of sp³-hybridized carbons (Fsp3) is 0.700. The molecule has 16 heavy (non-hydrogen) atoms. The van der Waals surface area contributed by atoms with Crippen molar-refractivity contribution >= 4 is 17.8 Å². The summed E-state index contributed by atoms with van der Waals surface area (Å²) in [6.45, 7) is 1.44. The van der Waals surface area contributed by atoms with Gasteiger partial charge in [-0.25, -0.2) is 0 Å². The molecule has 0 aromatic rings. The standard InChI is InChI=1S/C10H17NO5/c1-2-3-4-8(12)11(7-10(15)16)6-5-9(13)14/h2-7H2,1H3,(H,13,14)(H,15,16). The summed E-state index contributed by atoms with van der Waals surface area (Å²) < 4.78 is 0. The smallest absolute Gasteiger partial charge is 0.323 e. The number of carbonyl (C=O) groups is 3. The summed E-state index contributed by atoms with van der Waals surface area (Å²) in [5.41, 5.74) is 0. The Bertz CT molecular complexity index is 264. The lowest BCUT2D eigenvalue weighted by Gasteiger charge is -2.19. The van der Waals surface area contributed by atoms with E-state index in [1.165, 1.54) is 0 Å². The van der Waals surface area contributed by atoms with E-state index in [1.807, 2.05) is 6.92 Å². The number of rotatable bonds is 8. The van der Waals surface area contributed by atoms with Crippen LogP contribution in [-0.4, -0.2) is 46.0 Å². The summed E-state index contributed by atoms with van der Waals surface area (Å²) >= 11 is 0. The maximum Gasteiger partial charge on any atom is 0.323 e. The topological polar surface area (TPSA) is 94.9 Å². The van der Waals surface area contributed by atoms with Crippen molar-refractivity contribution in [3.8, 4) is 0 Å². The number of hydrogen-bond donors (Lipinski definition) is 2. The Morgan fingerprint density at radius 2 is 1.69 bits per heavy atom. The highest BCUT2D eigenvalue weighted by molar-refractivity contribution is 5.81. The summed E-state index contributed by atoms with van der Waals surface area (Å²) in [5, 5.41) is 17.1. The Morgan fingerprint density at radius 1 is 1.06 bits per heavy atom. The highest BCUT2D eigenvalue weighted by Crippen LogP contribution is 2.02. The van der Waals surface area contributed by atoms with E-state index in [-0.39, 0.29) is 25.3 Å². The van der Waals surface area contributed by atoms with E-state index in [0.29, 0.717) is 6.42 Å². The van der Waals surface area contributed by atoms with Gasteiger partial charge in [-0.05, 0) is 6.42 Å². The average Bonchev–Trinajstić information content (AvgIpc) is 2.19. The molecular formula is C10H17NO5. The lowest BCUT2D eigenvalue weighted by Crippen LogP contribution is -2.37. The van der Waals surface area contributed by atoms with Crippen molar-refractivity contribution in [1.29, 1.82) is 0 Å². The summed E-state index contributed by atoms with van der Waals surface area (Å²) in [6, 6.07) is 0. The minimum Gasteiger partial charge on any atom is -0.481 e. The summed E-state index contributed by atoms with van der Waals surface area (Å²) in [4.78, 5) is 33.4. The van der Waals surface area contributed by atoms with Crippen molar-refractivity contribution in [2.75, 3.05) is 13.1 Å². The maximum atomic E-state index is 11.5. The van der Waals surface area contributed by atoms with Gasteiger partial charge in [0.05, 0.1) is 6.42 Å². The number of carboxylic acid groups (broad SMARTS) is 2. The van der Waals surface area contributed by atoms with E-state index in [1.54, 1.807) is 0 Å². The number of hydrogen-bond acceptors (Lipinski definition) is 3. The Labute approximate surface area is 93.9 Å². The molecule has 0 unspecified atom stereocenters. The third-order valence-corrected chi connectivity index (χ3v) is 2.02. The first-order valence-electron chi connectivity index (χ1n) is 5.18. The summed E-state index contributed by atoms with van der Waals surface area (Å²) in [7, 11) is 0. The van der Waals surface area contributed by atoms with Crippen LogP contribution in [0.4, 0.5) is 0 Å². The zero-order valence-electron chi connectivity index (χ0n) is 9.31. The molecule has 0 aliphatic rings. The van der Waals surface area contributed by atoms with Gasteiger partial charge in [-0.3, -0.25) is 14.4 Å². The fourth-order valence-corrected chi connectivity index (χ4v) is 1.17. The molecule has 6 nitrogen and oxygen atoms in total. The molecule has 0 heterocycles. The van der Waals surface area contributed by atoms with Crippen LogP contribution in [0, 0.1) is 0 Å². The molecule has 0 aliphatic heterocycles. The van der Waals surface area contributed by atoms with Gasteiger partial charge in [0.1, 0.15) is 6.54 Å². The van der Waals surface area contributed by atoms with Crippen LogP contribution in [-0.2, 0) is 14.4 Å². The van der Waals surface area contributed by atoms with Gasteiger partial charge in [0, 0.05) is 13.0 Å². The van der Waals surface area contributed by atoms with Gasteiger partial charge in [0.25, 0.3) is 0 Å². The minimum absolute atomic E-state index is 0.0514. The molecule has 0 saturated carbocycles. The van der Waals surface area contributed by atoms with Crippen molar-refractivity contribution < 1.29 is 24.6 Å². The molecule has 0 saturated heterocycles. The van der Waals surface area contributed by atoms with E-state index < -0.39 is 18.5 Å². The zero-order valence-corrected chi connectivity index (χ0v) is 9.31. The first-order valence-corrected chi connectivity index (χ1v) is 5.18. The van der Waals surface area contributed by atoms with Crippen LogP contribution in [0.2, 0.25) is 0 Å². The third-order valence-electron chi connectivity index (χ3n) is 2.02. The van der Waals surface area contributed by atoms with Crippen molar-refractivity contribution in [3.63, 3.8) is 0 Å². The second-order valence-electron chi connectivity index (χ2n) is 3.46. The predicted octanol–water partition coefficient (Wildman–Crippen LogP) is 0.564. The number of amides is 1. The van der Waals surface area contributed by atoms with Crippen molar-refractivity contribution in [1.82, 2.24) is 4.90 Å². The second kappa shape index (κ2) is 7.67. The molecule has 0 atom stereocenters. The first-order chi connectivity index (χ1) is 7.47. The first kappa shape index (κ1) is 14.4. The highest BCUT2D eigenvalue weighted by Gasteiger charge is 2.16. The van der Waals surface area contributed by atoms with E-state index in [9.17, 15) is 14.4 Å². The van der Waals surface area contributed by atoms with Crippen molar-refractivity contribution in [2.24, 2.45) is 0 Å². The van der Waals surface area contributed by atoms with Gasteiger partial charge in [-0.15, -0.1) is 0 Å². The fourth-order valence-electron chi connectivity index (χ4n) is 1.17. The van der Waals surface area contributed by atoms with E-state index >= 15 is 0 Å². The molecule has 6 heteroatoms. The van der Waals surface area contributed by atoms with Crippen LogP contribution in [0.5, 0.6) is 0 Å². The van der Waals surface area contributed by atoms with Gasteiger partial charge in [-0.1, -0.05) is 13.3 Å². The van der Waals surface area contributed by atoms with E-state index in [2.05, 4.69) is 0 Å². The minimum atomic E-state index is -1.13. The molecule has 0 spiro atoms. The molecule has 0 aromatic heterocycles. The molecule has 0 aliphatic carbocycles. The molecule has 0 aromatic carbocycles. The summed E-state index contributed by atoms with van der Waals surface area (Å²) in [5.74, 6) is -2.47. The number of unbranched alkanes of at least 4 members (excludes halogenated alkanes) is 1. The number of carbonyl (C=O) groups excluding carboxylic acids is 1. The number of aliphatic carboxylic acids is 2. The van der Waals surface area contributed by atoms with Crippen LogP contribution in [0.3, 0.4) is 0 Å². The van der Waals surface area contributed by atoms with Crippen LogP contribution in [0.25, 0.3) is 0 Å². The molecule has 0 radical (unpaired) electrons. The summed E-state index contributed by atoms with van der Waals surface area (Å²) in [6.07, 6.45) is 1.56. The zero-order chi connectivity index (χ0) is 12.6. The van der Waals surface area contributed by atoms with Crippen LogP contribution in [0.1, 0.15) is 32.6 Å². The van der Waals surface area contributed by atoms with Gasteiger partial charge in [-0.2, -0.15) is 0 Å². The lowest BCUT2D eigenvalue weighted by molar-refractivity contribution is -0.146. The van der Waals surface area contributed by atoms with Gasteiger partial charge < -0.3 is 15.1 Å². The third kappa shape index (κ3) is 6.80. The molecule has 0 fully saturated rings. The molecular weight excluding hydrogens is 214 g/mol. The van der Waals surface area contributed by atoms with Crippen LogP contribution >= 0.6 is 0 Å². The Hall–Kier alpha value is -1.59. The monoisotopic (exact) mass is 231 g/mol. The van der Waals surface area contributed by atoms with Gasteiger partial charge >= 0.3 is 11.9 Å². The maximum absolute atomic E-state index is 11.5. The van der Waals surface area contributed by atoms with E-state index in [4.69, 9.17) is 10.2 Å². The average molecular weight is 231 g/mol. The SMILES string of the molecule is CCCCC(=O)N(CCC(=O)O)CC(=O)O. The lowest BCUT2D eigenvalue weighted by atomic mass is 10.2. The molecule has 2 N–H and O–H groups in total. The van der Waals surface area contributed by atoms with Gasteiger partial charge in [0.15, 0.2) is 0 Å². The van der Waals surface area contributed by atoms with Crippen molar-refractivity contribution in [3.05, 3.63) is 0 Å². The number of nitrogens with zero attached hydrogens (tertiary/aromatic N) is 1. The molecule has 1 amide bonds. The normalized spacial score (nSPS) is 9.81. The largest absolute Gasteiger partial charge is 0.481 e. The highest BCUT2D eigenvalue weighted by atomic mass is 16.4. The Kier molecular flexibility index (Phi) is 6.91. The van der Waals surface area contributed by atoms with Gasteiger partial charge in [0.2, 0.25) is 5.91 Å². The van der Waals surface area contributed by atoms with Crippen LogP contribution in [0.15, 0.2) is 0 Å². The molecule has 92 valence electrons. The Morgan fingerprint density at radius 3 is 2.12 bits per heavy atom. The molecule has 0 bridgehead atoms. The van der Waals surface area contributed by atoms with E-state index in [0.717, 1.165) is 11.3 Å². The van der Waals surface area contributed by atoms with Crippen molar-refractivity contribution in [2.45, 2.75) is 32.6 Å². The second-order valence-corrected chi connectivity index (χ2v) is 3.46. The number of carboxylic acids is 2. The molecule has 0 rings (SSSR count). The van der Waals surface area contributed by atoms with Crippen LogP contribution < -0.4 is 0 Å². The quantitative estimate of drug-likeness (QED) is 0.636. The Balaban J connectivity index is 4.22. The predicted molar refractivity (Wildman–Crippen MR) is 56.0 cm³/mol.